The smallest absolute Gasteiger partial charge is 0.409 e. The molecule has 2 N–H and O–H groups in total. The van der Waals surface area contributed by atoms with E-state index in [1.165, 1.54) is 17.0 Å². The Morgan fingerprint density at radius 1 is 1.55 bits per heavy atom. The van der Waals surface area contributed by atoms with Gasteiger partial charge in [0.15, 0.2) is 0 Å². The standard InChI is InChI=1S/C16H19FN2O3/c1-2-22-16(21)19-6-5-11(15(20)9-19)13-8-18-14-4-3-10(17)7-12(13)14/h3-4,7-8,11,15,18,20H,2,5-6,9H2,1H3. The fourth-order valence-electron chi connectivity index (χ4n) is 3.10. The van der Waals surface area contributed by atoms with Gasteiger partial charge < -0.3 is 19.7 Å². The quantitative estimate of drug-likeness (QED) is 0.896. The van der Waals surface area contributed by atoms with E-state index >= 15 is 0 Å². The molecule has 3 rings (SSSR count). The number of H-pyrrole nitrogens is 1. The molecule has 118 valence electrons. The van der Waals surface area contributed by atoms with Gasteiger partial charge in [-0.15, -0.1) is 0 Å². The topological polar surface area (TPSA) is 65.6 Å². The molecule has 0 spiro atoms. The minimum Gasteiger partial charge on any atom is -0.450 e. The van der Waals surface area contributed by atoms with Crippen LogP contribution in [0.2, 0.25) is 0 Å². The highest BCUT2D eigenvalue weighted by Crippen LogP contribution is 2.33. The molecule has 1 fully saturated rings. The number of amides is 1. The average molecular weight is 306 g/mol. The molecule has 2 heterocycles. The number of carbonyl (C=O) groups is 1. The maximum Gasteiger partial charge on any atom is 0.409 e. The van der Waals surface area contributed by atoms with E-state index in [9.17, 15) is 14.3 Å². The lowest BCUT2D eigenvalue weighted by atomic mass is 9.87. The SMILES string of the molecule is CCOC(=O)N1CCC(c2c[nH]c3ccc(F)cc23)C(O)C1. The molecule has 1 aliphatic rings. The van der Waals surface area contributed by atoms with Crippen LogP contribution in [0.4, 0.5) is 9.18 Å². The first-order valence-corrected chi connectivity index (χ1v) is 7.46. The number of hydrogen-bond donors (Lipinski definition) is 2. The van der Waals surface area contributed by atoms with Crippen molar-refractivity contribution in [2.24, 2.45) is 0 Å². The van der Waals surface area contributed by atoms with E-state index in [1.54, 1.807) is 13.0 Å². The van der Waals surface area contributed by atoms with E-state index in [-0.39, 0.29) is 18.3 Å². The van der Waals surface area contributed by atoms with Crippen molar-refractivity contribution in [3.63, 3.8) is 0 Å². The summed E-state index contributed by atoms with van der Waals surface area (Å²) in [6, 6.07) is 4.57. The predicted octanol–water partition coefficient (Wildman–Crippen LogP) is 2.61. The fourth-order valence-corrected chi connectivity index (χ4v) is 3.10. The number of aromatic nitrogens is 1. The summed E-state index contributed by atoms with van der Waals surface area (Å²) in [6.45, 7) is 2.81. The zero-order valence-corrected chi connectivity index (χ0v) is 12.4. The molecule has 22 heavy (non-hydrogen) atoms. The van der Waals surface area contributed by atoms with Gasteiger partial charge in [0.2, 0.25) is 0 Å². The molecule has 2 atom stereocenters. The van der Waals surface area contributed by atoms with Crippen molar-refractivity contribution in [2.45, 2.75) is 25.4 Å². The zero-order valence-electron chi connectivity index (χ0n) is 12.4. The lowest BCUT2D eigenvalue weighted by Crippen LogP contribution is -2.45. The summed E-state index contributed by atoms with van der Waals surface area (Å²) in [5.74, 6) is -0.423. The highest BCUT2D eigenvalue weighted by atomic mass is 19.1. The summed E-state index contributed by atoms with van der Waals surface area (Å²) in [6.07, 6.45) is 1.34. The number of carbonyl (C=O) groups excluding carboxylic acids is 1. The Morgan fingerprint density at radius 2 is 2.36 bits per heavy atom. The number of nitrogens with one attached hydrogen (secondary N) is 1. The largest absolute Gasteiger partial charge is 0.450 e. The molecule has 1 aromatic heterocycles. The van der Waals surface area contributed by atoms with Crippen molar-refractivity contribution in [3.8, 4) is 0 Å². The van der Waals surface area contributed by atoms with Crippen molar-refractivity contribution in [3.05, 3.63) is 35.8 Å². The molecule has 1 aromatic carbocycles. The van der Waals surface area contributed by atoms with Crippen LogP contribution in [-0.4, -0.2) is 46.9 Å². The number of benzene rings is 1. The minimum absolute atomic E-state index is 0.124. The lowest BCUT2D eigenvalue weighted by molar-refractivity contribution is 0.0388. The summed E-state index contributed by atoms with van der Waals surface area (Å²) in [5.41, 5.74) is 1.74. The zero-order chi connectivity index (χ0) is 15.7. The Kier molecular flexibility index (Phi) is 4.02. The van der Waals surface area contributed by atoms with Gasteiger partial charge in [-0.05, 0) is 37.1 Å². The number of fused-ring (bicyclic) bond motifs is 1. The summed E-state index contributed by atoms with van der Waals surface area (Å²) in [7, 11) is 0. The Morgan fingerprint density at radius 3 is 3.09 bits per heavy atom. The van der Waals surface area contributed by atoms with E-state index in [2.05, 4.69) is 4.98 Å². The number of β-amino-alcohol motifs (C(OH)–C–C–N with tert-alkyl or cyclic N) is 1. The van der Waals surface area contributed by atoms with Crippen LogP contribution in [0.1, 0.15) is 24.8 Å². The number of rotatable bonds is 2. The average Bonchev–Trinajstić information content (AvgIpc) is 2.90. The number of aromatic amines is 1. The van der Waals surface area contributed by atoms with Gasteiger partial charge in [0.25, 0.3) is 0 Å². The molecule has 6 heteroatoms. The first-order chi connectivity index (χ1) is 10.6. The van der Waals surface area contributed by atoms with Gasteiger partial charge in [-0.25, -0.2) is 9.18 Å². The fraction of sp³-hybridized carbons (Fsp3) is 0.438. The second-order valence-corrected chi connectivity index (χ2v) is 5.54. The van der Waals surface area contributed by atoms with Crippen LogP contribution in [0.5, 0.6) is 0 Å². The van der Waals surface area contributed by atoms with Gasteiger partial charge in [0.1, 0.15) is 5.82 Å². The molecule has 5 nitrogen and oxygen atoms in total. The Balaban J connectivity index is 1.81. The third-order valence-corrected chi connectivity index (χ3v) is 4.18. The van der Waals surface area contributed by atoms with Crippen LogP contribution in [0.3, 0.4) is 0 Å². The summed E-state index contributed by atoms with van der Waals surface area (Å²) >= 11 is 0. The van der Waals surface area contributed by atoms with Gasteiger partial charge >= 0.3 is 6.09 Å². The van der Waals surface area contributed by atoms with Crippen LogP contribution < -0.4 is 0 Å². The summed E-state index contributed by atoms with van der Waals surface area (Å²) in [5, 5.41) is 11.2. The van der Waals surface area contributed by atoms with Crippen molar-refractivity contribution >= 4 is 17.0 Å². The van der Waals surface area contributed by atoms with Crippen LogP contribution in [0, 0.1) is 5.82 Å². The number of likely N-dealkylation sites (tertiary alicyclic amines) is 1. The number of halogens is 1. The Hall–Kier alpha value is -2.08. The highest BCUT2D eigenvalue weighted by molar-refractivity contribution is 5.84. The lowest BCUT2D eigenvalue weighted by Gasteiger charge is -2.35. The maximum absolute atomic E-state index is 13.5. The molecule has 0 bridgehead atoms. The Labute approximate surface area is 127 Å². The number of aliphatic hydroxyl groups is 1. The van der Waals surface area contributed by atoms with Gasteiger partial charge in [0, 0.05) is 29.6 Å². The van der Waals surface area contributed by atoms with Crippen LogP contribution in [0.25, 0.3) is 10.9 Å². The van der Waals surface area contributed by atoms with Gasteiger partial charge in [-0.3, -0.25) is 0 Å². The van der Waals surface area contributed by atoms with E-state index in [0.717, 1.165) is 16.5 Å². The Bertz CT molecular complexity index is 685. The molecule has 1 saturated heterocycles. The number of hydrogen-bond acceptors (Lipinski definition) is 3. The van der Waals surface area contributed by atoms with Gasteiger partial charge in [0.05, 0.1) is 19.3 Å². The molecule has 1 amide bonds. The molecular weight excluding hydrogens is 287 g/mol. The predicted molar refractivity (Wildman–Crippen MR) is 80.2 cm³/mol. The van der Waals surface area contributed by atoms with Gasteiger partial charge in [-0.2, -0.15) is 0 Å². The van der Waals surface area contributed by atoms with Crippen LogP contribution in [0.15, 0.2) is 24.4 Å². The molecule has 2 unspecified atom stereocenters. The van der Waals surface area contributed by atoms with E-state index in [0.29, 0.717) is 19.6 Å². The van der Waals surface area contributed by atoms with E-state index in [4.69, 9.17) is 4.74 Å². The second kappa shape index (κ2) is 5.96. The highest BCUT2D eigenvalue weighted by Gasteiger charge is 2.33. The molecule has 2 aromatic rings. The number of aliphatic hydroxyl groups excluding tert-OH is 1. The number of nitrogens with zero attached hydrogens (tertiary/aromatic N) is 1. The molecule has 1 aliphatic heterocycles. The molecule has 0 aliphatic carbocycles. The van der Waals surface area contributed by atoms with Crippen LogP contribution >= 0.6 is 0 Å². The maximum atomic E-state index is 13.5. The number of piperidine rings is 1. The molecule has 0 saturated carbocycles. The first kappa shape index (κ1) is 14.8. The first-order valence-electron chi connectivity index (χ1n) is 7.46. The number of ether oxygens (including phenoxy) is 1. The van der Waals surface area contributed by atoms with Gasteiger partial charge in [-0.1, -0.05) is 0 Å². The van der Waals surface area contributed by atoms with Crippen molar-refractivity contribution in [1.82, 2.24) is 9.88 Å². The molecule has 0 radical (unpaired) electrons. The third kappa shape index (κ3) is 2.66. The van der Waals surface area contributed by atoms with Crippen molar-refractivity contribution < 1.29 is 19.0 Å². The van der Waals surface area contributed by atoms with E-state index in [1.807, 2.05) is 6.20 Å². The monoisotopic (exact) mass is 306 g/mol. The second-order valence-electron chi connectivity index (χ2n) is 5.54. The van der Waals surface area contributed by atoms with Crippen molar-refractivity contribution in [2.75, 3.05) is 19.7 Å². The van der Waals surface area contributed by atoms with Crippen LogP contribution in [-0.2, 0) is 4.74 Å². The molecular formula is C16H19FN2O3. The summed E-state index contributed by atoms with van der Waals surface area (Å²) < 4.78 is 18.4. The van der Waals surface area contributed by atoms with E-state index < -0.39 is 12.2 Å². The van der Waals surface area contributed by atoms with Crippen molar-refractivity contribution in [1.29, 1.82) is 0 Å². The minimum atomic E-state index is -0.694. The third-order valence-electron chi connectivity index (χ3n) is 4.18. The summed E-state index contributed by atoms with van der Waals surface area (Å²) in [4.78, 5) is 16.3. The normalized spacial score (nSPS) is 22.0.